The monoisotopic (exact) mass is 808 g/mol. The fourth-order valence-corrected chi connectivity index (χ4v) is 33.6. The van der Waals surface area contributed by atoms with Gasteiger partial charge in [-0.2, -0.15) is 0 Å². The van der Waals surface area contributed by atoms with E-state index >= 15 is 0 Å². The molecule has 0 saturated heterocycles. The standard InChI is InChI=1S/2C16H32O2S.2C4H9.Sn/c2*1-2-3-4-5-6-7-8-9-10-11-12-13-14-18-16(17)15-19;2*1-3-4-2;/h2*19H,2-15H2,1H3;2*1,3-4H2,2H3;/q;;;;+2/p-2. The van der Waals surface area contributed by atoms with Gasteiger partial charge in [0.1, 0.15) is 0 Å². The van der Waals surface area contributed by atoms with E-state index in [1.54, 1.807) is 0 Å². The Morgan fingerprint density at radius 1 is 0.383 bits per heavy atom. The fraction of sp³-hybridized carbons (Fsp3) is 0.950. The Kier molecular flexibility index (Phi) is 38.0. The van der Waals surface area contributed by atoms with Gasteiger partial charge in [-0.05, 0) is 0 Å². The maximum absolute atomic E-state index is 12.7. The average Bonchev–Trinajstić information content (AvgIpc) is 3.08. The number of hydrogen-bond acceptors (Lipinski definition) is 6. The van der Waals surface area contributed by atoms with Crippen LogP contribution < -0.4 is 0 Å². The van der Waals surface area contributed by atoms with Gasteiger partial charge in [-0.15, -0.1) is 0 Å². The number of unbranched alkanes of at least 4 members (excludes halogenated alkanes) is 24. The van der Waals surface area contributed by atoms with Crippen molar-refractivity contribution in [2.45, 2.75) is 216 Å². The summed E-state index contributed by atoms with van der Waals surface area (Å²) in [6, 6.07) is 0. The second-order valence-corrected chi connectivity index (χ2v) is 40.3. The molecule has 0 aliphatic carbocycles. The fourth-order valence-electron chi connectivity index (χ4n) is 6.07. The molecule has 0 aromatic rings. The summed E-state index contributed by atoms with van der Waals surface area (Å²) in [6.45, 7) is 10.2. The molecule has 7 heteroatoms. The molecule has 0 aliphatic heterocycles. The van der Waals surface area contributed by atoms with Crippen LogP contribution in [-0.4, -0.2) is 52.3 Å². The maximum atomic E-state index is 12.7. The molecule has 0 bridgehead atoms. The van der Waals surface area contributed by atoms with Crippen molar-refractivity contribution in [1.82, 2.24) is 0 Å². The number of carbonyl (C=O) groups excluding carboxylic acids is 2. The molecule has 0 unspecified atom stereocenters. The molecule has 0 heterocycles. The molecular weight excluding hydrogens is 727 g/mol. The van der Waals surface area contributed by atoms with Crippen molar-refractivity contribution in [1.29, 1.82) is 0 Å². The van der Waals surface area contributed by atoms with Gasteiger partial charge in [-0.3, -0.25) is 0 Å². The number of esters is 2. The van der Waals surface area contributed by atoms with E-state index in [4.69, 9.17) is 9.47 Å². The van der Waals surface area contributed by atoms with Crippen LogP contribution in [0.2, 0.25) is 8.87 Å². The minimum atomic E-state index is -2.81. The van der Waals surface area contributed by atoms with Crippen LogP contribution in [0.15, 0.2) is 0 Å². The van der Waals surface area contributed by atoms with Crippen LogP contribution >= 0.6 is 17.9 Å². The molecule has 0 amide bonds. The molecular formula is C40H80O4S2Sn. The van der Waals surface area contributed by atoms with Gasteiger partial charge >= 0.3 is 228 Å². The minimum absolute atomic E-state index is 0.0534. The van der Waals surface area contributed by atoms with Gasteiger partial charge in [0.2, 0.25) is 0 Å². The molecule has 0 N–H and O–H groups in total. The van der Waals surface area contributed by atoms with E-state index in [1.165, 1.54) is 163 Å². The van der Waals surface area contributed by atoms with E-state index in [-0.39, 0.29) is 11.9 Å². The van der Waals surface area contributed by atoms with E-state index in [9.17, 15) is 9.59 Å². The molecule has 0 aromatic heterocycles. The third-order valence-electron chi connectivity index (χ3n) is 9.25. The minimum Gasteiger partial charge on any atom is -0.0654 e. The molecule has 0 radical (unpaired) electrons. The van der Waals surface area contributed by atoms with E-state index < -0.39 is 15.6 Å². The van der Waals surface area contributed by atoms with Gasteiger partial charge in [-0.25, -0.2) is 0 Å². The van der Waals surface area contributed by atoms with Crippen LogP contribution in [0.3, 0.4) is 0 Å². The van der Waals surface area contributed by atoms with Crippen LogP contribution in [0, 0.1) is 0 Å². The zero-order valence-electron chi connectivity index (χ0n) is 32.0. The van der Waals surface area contributed by atoms with Crippen LogP contribution in [0.1, 0.15) is 207 Å². The molecule has 0 aromatic carbocycles. The Morgan fingerprint density at radius 3 is 0.915 bits per heavy atom. The summed E-state index contributed by atoms with van der Waals surface area (Å²) in [5, 5.41) is 0. The van der Waals surface area contributed by atoms with Gasteiger partial charge < -0.3 is 0 Å². The molecule has 0 saturated carbocycles. The molecule has 0 fully saturated rings. The zero-order chi connectivity index (χ0) is 34.5. The first-order chi connectivity index (χ1) is 23.0. The summed E-state index contributed by atoms with van der Waals surface area (Å²) >= 11 is -2.81. The summed E-state index contributed by atoms with van der Waals surface area (Å²) in [7, 11) is 3.85. The summed E-state index contributed by atoms with van der Waals surface area (Å²) in [5.74, 6) is 0.815. The first-order valence-corrected chi connectivity index (χ1v) is 33.6. The van der Waals surface area contributed by atoms with Gasteiger partial charge in [0.05, 0.1) is 0 Å². The predicted octanol–water partition coefficient (Wildman–Crippen LogP) is 14.0. The Bertz CT molecular complexity index is 623. The molecule has 0 spiro atoms. The Labute approximate surface area is 303 Å². The topological polar surface area (TPSA) is 52.6 Å². The first-order valence-electron chi connectivity index (χ1n) is 20.6. The van der Waals surface area contributed by atoms with E-state index in [2.05, 4.69) is 27.7 Å². The molecule has 4 nitrogen and oxygen atoms in total. The second-order valence-electron chi connectivity index (χ2n) is 13.9. The van der Waals surface area contributed by atoms with Crippen LogP contribution in [0.5, 0.6) is 0 Å². The van der Waals surface area contributed by atoms with E-state index in [1.807, 2.05) is 17.9 Å². The van der Waals surface area contributed by atoms with Gasteiger partial charge in [-0.1, -0.05) is 78.1 Å². The third kappa shape index (κ3) is 33.4. The predicted molar refractivity (Wildman–Crippen MR) is 214 cm³/mol. The molecule has 47 heavy (non-hydrogen) atoms. The van der Waals surface area contributed by atoms with Crippen LogP contribution in [0.25, 0.3) is 0 Å². The van der Waals surface area contributed by atoms with E-state index in [0.717, 1.165) is 25.7 Å². The van der Waals surface area contributed by atoms with Crippen LogP contribution in [0.4, 0.5) is 0 Å². The van der Waals surface area contributed by atoms with Crippen molar-refractivity contribution >= 4 is 45.4 Å². The summed E-state index contributed by atoms with van der Waals surface area (Å²) in [4.78, 5) is 25.4. The van der Waals surface area contributed by atoms with Gasteiger partial charge in [0.15, 0.2) is 0 Å². The molecule has 0 rings (SSSR count). The van der Waals surface area contributed by atoms with Crippen molar-refractivity contribution in [2.75, 3.05) is 24.7 Å². The average molecular weight is 808 g/mol. The second kappa shape index (κ2) is 37.7. The van der Waals surface area contributed by atoms with Crippen molar-refractivity contribution in [2.24, 2.45) is 0 Å². The quantitative estimate of drug-likeness (QED) is 0.0352. The van der Waals surface area contributed by atoms with Gasteiger partial charge in [0.25, 0.3) is 0 Å². The van der Waals surface area contributed by atoms with E-state index in [0.29, 0.717) is 24.7 Å². The third-order valence-corrected chi connectivity index (χ3v) is 39.1. The smallest absolute Gasteiger partial charge is 0.0654 e. The zero-order valence-corrected chi connectivity index (χ0v) is 36.5. The molecule has 0 atom stereocenters. The normalized spacial score (nSPS) is 11.7. The Hall–Kier alpha value is 0.439. The first kappa shape index (κ1) is 47.4. The Morgan fingerprint density at radius 2 is 0.638 bits per heavy atom. The number of hydrogen-bond donors (Lipinski definition) is 0. The summed E-state index contributed by atoms with van der Waals surface area (Å²) < 4.78 is 13.8. The summed E-state index contributed by atoms with van der Waals surface area (Å²) in [5.41, 5.74) is 0. The summed E-state index contributed by atoms with van der Waals surface area (Å²) in [6.07, 6.45) is 36.2. The van der Waals surface area contributed by atoms with Gasteiger partial charge in [0, 0.05) is 0 Å². The van der Waals surface area contributed by atoms with Crippen molar-refractivity contribution in [3.05, 3.63) is 0 Å². The Balaban J connectivity index is 4.20. The number of carbonyl (C=O) groups is 2. The van der Waals surface area contributed by atoms with Crippen molar-refractivity contribution in [3.63, 3.8) is 0 Å². The number of ether oxygens (including phenoxy) is 2. The molecule has 280 valence electrons. The SMILES string of the molecule is CCCCCCCCCCCCCCOC(=O)C[S][Sn]([CH2]CCC)([CH2]CCC)[S]CC(=O)OCCCCCCCCCCCCCC. The van der Waals surface area contributed by atoms with Crippen molar-refractivity contribution < 1.29 is 19.1 Å². The number of rotatable bonds is 38. The van der Waals surface area contributed by atoms with Crippen molar-refractivity contribution in [3.8, 4) is 0 Å². The molecule has 0 aliphatic rings. The van der Waals surface area contributed by atoms with Crippen LogP contribution in [-0.2, 0) is 19.1 Å².